The van der Waals surface area contributed by atoms with Gasteiger partial charge in [0.2, 0.25) is 5.95 Å². The highest BCUT2D eigenvalue weighted by molar-refractivity contribution is 5.89. The van der Waals surface area contributed by atoms with Crippen LogP contribution in [0.2, 0.25) is 0 Å². The minimum absolute atomic E-state index is 0.0459. The van der Waals surface area contributed by atoms with Crippen molar-refractivity contribution in [3.63, 3.8) is 0 Å². The Hall–Kier alpha value is -3.62. The van der Waals surface area contributed by atoms with Gasteiger partial charge in [-0.05, 0) is 43.2 Å². The van der Waals surface area contributed by atoms with Gasteiger partial charge in [0.1, 0.15) is 18.2 Å². The Morgan fingerprint density at radius 3 is 2.68 bits per heavy atom. The highest BCUT2D eigenvalue weighted by Gasteiger charge is 2.37. The van der Waals surface area contributed by atoms with Gasteiger partial charge in [0, 0.05) is 18.0 Å². The summed E-state index contributed by atoms with van der Waals surface area (Å²) in [5.41, 5.74) is 1.91. The highest BCUT2D eigenvalue weighted by atomic mass is 16.6. The number of nitrogens with one attached hydrogen (secondary N) is 1. The molecule has 0 bridgehead atoms. The topological polar surface area (TPSA) is 94.4 Å². The van der Waals surface area contributed by atoms with Gasteiger partial charge >= 0.3 is 6.09 Å². The summed E-state index contributed by atoms with van der Waals surface area (Å²) in [7, 11) is 1.64. The first-order chi connectivity index (χ1) is 15.0. The van der Waals surface area contributed by atoms with E-state index >= 15 is 0 Å². The zero-order valence-electron chi connectivity index (χ0n) is 18.0. The zero-order chi connectivity index (χ0) is 22.0. The molecule has 0 unspecified atom stereocenters. The molecule has 0 spiro atoms. The fourth-order valence-corrected chi connectivity index (χ4v) is 3.46. The standard InChI is InChI=1S/C22H26N6O3/c1-14(2)19-13-31-22(29)28(19)20-9-10-23-21(26-20)25-15(3)16-11-24-27(12-16)17-5-7-18(30-4)8-6-17/h5-12,14-15,19H,13H2,1-4H3,(H,23,25,26)/t15-,19+/m0/s1. The number of aromatic nitrogens is 4. The van der Waals surface area contributed by atoms with Crippen LogP contribution in [-0.2, 0) is 4.74 Å². The summed E-state index contributed by atoms with van der Waals surface area (Å²) < 4.78 is 12.2. The fraction of sp³-hybridized carbons (Fsp3) is 0.364. The predicted octanol–water partition coefficient (Wildman–Crippen LogP) is 3.83. The summed E-state index contributed by atoms with van der Waals surface area (Å²) in [5, 5.41) is 7.74. The number of nitrogens with zero attached hydrogens (tertiary/aromatic N) is 5. The molecular formula is C22H26N6O3. The summed E-state index contributed by atoms with van der Waals surface area (Å²) in [6.07, 6.45) is 5.02. The number of rotatable bonds is 7. The van der Waals surface area contributed by atoms with Crippen molar-refractivity contribution in [3.05, 3.63) is 54.5 Å². The number of benzene rings is 1. The molecule has 9 nitrogen and oxygen atoms in total. The molecular weight excluding hydrogens is 396 g/mol. The van der Waals surface area contributed by atoms with Crippen molar-refractivity contribution < 1.29 is 14.3 Å². The summed E-state index contributed by atoms with van der Waals surface area (Å²) in [5.74, 6) is 2.01. The van der Waals surface area contributed by atoms with E-state index in [0.29, 0.717) is 18.4 Å². The predicted molar refractivity (Wildman–Crippen MR) is 117 cm³/mol. The number of anilines is 2. The molecule has 162 valence electrons. The van der Waals surface area contributed by atoms with E-state index in [2.05, 4.69) is 34.2 Å². The van der Waals surface area contributed by atoms with Gasteiger partial charge in [0.05, 0.1) is 31.1 Å². The Morgan fingerprint density at radius 1 is 1.19 bits per heavy atom. The molecule has 9 heteroatoms. The number of carbonyl (C=O) groups is 1. The Bertz CT molecular complexity index is 1050. The Morgan fingerprint density at radius 2 is 1.97 bits per heavy atom. The van der Waals surface area contributed by atoms with Crippen LogP contribution in [0.15, 0.2) is 48.9 Å². The van der Waals surface area contributed by atoms with E-state index in [0.717, 1.165) is 17.0 Å². The summed E-state index contributed by atoms with van der Waals surface area (Å²) in [6.45, 7) is 6.49. The Labute approximate surface area is 181 Å². The molecule has 1 aliphatic heterocycles. The maximum absolute atomic E-state index is 12.2. The molecule has 2 atom stereocenters. The number of cyclic esters (lactones) is 1. The van der Waals surface area contributed by atoms with Crippen molar-refractivity contribution in [1.29, 1.82) is 0 Å². The summed E-state index contributed by atoms with van der Waals surface area (Å²) >= 11 is 0. The first-order valence-corrected chi connectivity index (χ1v) is 10.2. The average Bonchev–Trinajstić information content (AvgIpc) is 3.41. The molecule has 0 aliphatic carbocycles. The van der Waals surface area contributed by atoms with Crippen LogP contribution in [0.5, 0.6) is 5.75 Å². The molecule has 0 radical (unpaired) electrons. The van der Waals surface area contributed by atoms with Gasteiger partial charge in [-0.2, -0.15) is 10.1 Å². The molecule has 1 N–H and O–H groups in total. The third kappa shape index (κ3) is 4.30. The van der Waals surface area contributed by atoms with Crippen molar-refractivity contribution >= 4 is 17.9 Å². The van der Waals surface area contributed by atoms with Gasteiger partial charge in [-0.15, -0.1) is 0 Å². The van der Waals surface area contributed by atoms with Crippen LogP contribution < -0.4 is 15.0 Å². The van der Waals surface area contributed by atoms with Crippen LogP contribution in [0.3, 0.4) is 0 Å². The lowest BCUT2D eigenvalue weighted by atomic mass is 10.0. The number of carbonyl (C=O) groups excluding carboxylic acids is 1. The van der Waals surface area contributed by atoms with Crippen molar-refractivity contribution in [2.75, 3.05) is 23.9 Å². The molecule has 1 aromatic carbocycles. The van der Waals surface area contributed by atoms with Crippen molar-refractivity contribution in [3.8, 4) is 11.4 Å². The largest absolute Gasteiger partial charge is 0.497 e. The highest BCUT2D eigenvalue weighted by Crippen LogP contribution is 2.27. The third-order valence-electron chi connectivity index (χ3n) is 5.35. The lowest BCUT2D eigenvalue weighted by molar-refractivity contribution is 0.177. The van der Waals surface area contributed by atoms with Gasteiger partial charge in [-0.25, -0.2) is 14.5 Å². The quantitative estimate of drug-likeness (QED) is 0.618. The number of ether oxygens (including phenoxy) is 2. The molecule has 0 saturated carbocycles. The zero-order valence-corrected chi connectivity index (χ0v) is 18.0. The van der Waals surface area contributed by atoms with Gasteiger partial charge in [-0.3, -0.25) is 4.90 Å². The van der Waals surface area contributed by atoms with E-state index in [-0.39, 0.29) is 24.1 Å². The monoisotopic (exact) mass is 422 g/mol. The second-order valence-electron chi connectivity index (χ2n) is 7.78. The van der Waals surface area contributed by atoms with Crippen LogP contribution in [0.25, 0.3) is 5.69 Å². The maximum atomic E-state index is 12.2. The Kier molecular flexibility index (Phi) is 5.75. The van der Waals surface area contributed by atoms with Crippen LogP contribution >= 0.6 is 0 Å². The summed E-state index contributed by atoms with van der Waals surface area (Å²) in [6, 6.07) is 9.27. The molecule has 1 aliphatic rings. The van der Waals surface area contributed by atoms with E-state index in [1.807, 2.05) is 37.4 Å². The van der Waals surface area contributed by atoms with E-state index in [9.17, 15) is 4.79 Å². The van der Waals surface area contributed by atoms with E-state index in [1.165, 1.54) is 0 Å². The van der Waals surface area contributed by atoms with Crippen LogP contribution in [0.4, 0.5) is 16.6 Å². The number of methoxy groups -OCH3 is 1. The second kappa shape index (κ2) is 8.63. The number of amides is 1. The SMILES string of the molecule is COc1ccc(-n2cc([C@H](C)Nc3nccc(N4C(=O)OC[C@@H]4C(C)C)n3)cn2)cc1. The maximum Gasteiger partial charge on any atom is 0.415 e. The smallest absolute Gasteiger partial charge is 0.415 e. The van der Waals surface area contributed by atoms with Crippen LogP contribution in [-0.4, -0.2) is 45.6 Å². The minimum Gasteiger partial charge on any atom is -0.497 e. The van der Waals surface area contributed by atoms with Gasteiger partial charge in [0.25, 0.3) is 0 Å². The fourth-order valence-electron chi connectivity index (χ4n) is 3.46. The van der Waals surface area contributed by atoms with Crippen LogP contribution in [0, 0.1) is 5.92 Å². The molecule has 1 amide bonds. The molecule has 2 aromatic heterocycles. The molecule has 31 heavy (non-hydrogen) atoms. The third-order valence-corrected chi connectivity index (χ3v) is 5.35. The van der Waals surface area contributed by atoms with Crippen LogP contribution in [0.1, 0.15) is 32.4 Å². The second-order valence-corrected chi connectivity index (χ2v) is 7.78. The number of hydrogen-bond acceptors (Lipinski definition) is 7. The molecule has 3 aromatic rings. The van der Waals surface area contributed by atoms with Gasteiger partial charge in [0.15, 0.2) is 0 Å². The van der Waals surface area contributed by atoms with Crippen molar-refractivity contribution in [2.24, 2.45) is 5.92 Å². The summed E-state index contributed by atoms with van der Waals surface area (Å²) in [4.78, 5) is 22.7. The van der Waals surface area contributed by atoms with Crippen molar-refractivity contribution in [2.45, 2.75) is 32.9 Å². The van der Waals surface area contributed by atoms with Crippen molar-refractivity contribution in [1.82, 2.24) is 19.7 Å². The van der Waals surface area contributed by atoms with E-state index < -0.39 is 0 Å². The first-order valence-electron chi connectivity index (χ1n) is 10.2. The normalized spacial score (nSPS) is 17.0. The van der Waals surface area contributed by atoms with E-state index in [1.54, 1.807) is 35.2 Å². The molecule has 4 rings (SSSR count). The van der Waals surface area contributed by atoms with Gasteiger partial charge < -0.3 is 14.8 Å². The lowest BCUT2D eigenvalue weighted by Gasteiger charge is -2.23. The number of hydrogen-bond donors (Lipinski definition) is 1. The molecule has 1 saturated heterocycles. The molecule has 3 heterocycles. The lowest BCUT2D eigenvalue weighted by Crippen LogP contribution is -2.37. The minimum atomic E-state index is -0.378. The Balaban J connectivity index is 1.49. The molecule has 1 fully saturated rings. The average molecular weight is 422 g/mol. The van der Waals surface area contributed by atoms with Gasteiger partial charge in [-0.1, -0.05) is 13.8 Å². The first kappa shape index (κ1) is 20.6. The van der Waals surface area contributed by atoms with E-state index in [4.69, 9.17) is 9.47 Å².